The van der Waals surface area contributed by atoms with E-state index in [9.17, 15) is 38.4 Å². The number of carbonyl (C=O) groups excluding carboxylic acids is 7. The van der Waals surface area contributed by atoms with Crippen LogP contribution in [0.5, 0.6) is 0 Å². The van der Waals surface area contributed by atoms with Crippen LogP contribution in [0.25, 0.3) is 0 Å². The molecule has 0 aliphatic rings. The van der Waals surface area contributed by atoms with Crippen LogP contribution in [0, 0.1) is 47.3 Å². The fourth-order valence-corrected chi connectivity index (χ4v) is 5.11. The van der Waals surface area contributed by atoms with Crippen molar-refractivity contribution in [2.75, 3.05) is 0 Å². The van der Waals surface area contributed by atoms with Crippen LogP contribution < -0.4 is 29.6 Å². The standard InChI is InChI=1S/3C10H18O2.C9H16O3.Na.H2O/c3*1-7(2)5-10(9(4)12)6-8(3)11;1-6(2)4-8(9(11)12)5-7(3)10;;/h3*7,10H,5-6H2,1-4H3;6,8H,4-5H2,1-3H3,(H,11,12);;1H2/q;;;;+1;/t3*10-;8-;;/m1111../s1. The van der Waals surface area contributed by atoms with Crippen molar-refractivity contribution >= 4 is 46.5 Å². The van der Waals surface area contributed by atoms with Crippen molar-refractivity contribution < 1.29 is 79.9 Å². The molecule has 10 nitrogen and oxygen atoms in total. The smallest absolute Gasteiger partial charge is 0.870 e. The monoisotopic (exact) mass is 724 g/mol. The maximum absolute atomic E-state index is 11.1. The average Bonchev–Trinajstić information content (AvgIpc) is 2.86. The maximum atomic E-state index is 11.1. The Hall–Kier alpha value is -1.88. The largest absolute Gasteiger partial charge is 1.00 e. The minimum Gasteiger partial charge on any atom is -0.870 e. The predicted molar refractivity (Wildman–Crippen MR) is 196 cm³/mol. The topological polar surface area (TPSA) is 187 Å². The summed E-state index contributed by atoms with van der Waals surface area (Å²) in [4.78, 5) is 86.8. The van der Waals surface area contributed by atoms with Gasteiger partial charge in [-0.3, -0.25) is 19.2 Å². The van der Waals surface area contributed by atoms with E-state index in [1.165, 1.54) is 27.7 Å². The van der Waals surface area contributed by atoms with E-state index in [4.69, 9.17) is 5.11 Å². The number of carbonyl (C=O) groups is 8. The van der Waals surface area contributed by atoms with Gasteiger partial charge in [0.2, 0.25) is 0 Å². The zero-order chi connectivity index (χ0) is 38.9. The maximum Gasteiger partial charge on any atom is 1.00 e. The second-order valence-corrected chi connectivity index (χ2v) is 15.1. The Labute approximate surface area is 327 Å². The molecule has 11 heteroatoms. The van der Waals surface area contributed by atoms with Gasteiger partial charge in [0, 0.05) is 43.4 Å². The van der Waals surface area contributed by atoms with Gasteiger partial charge in [0.15, 0.2) is 0 Å². The van der Waals surface area contributed by atoms with Gasteiger partial charge in [0.05, 0.1) is 5.92 Å². The van der Waals surface area contributed by atoms with E-state index >= 15 is 0 Å². The van der Waals surface area contributed by atoms with E-state index in [-0.39, 0.29) is 101 Å². The van der Waals surface area contributed by atoms with Crippen molar-refractivity contribution in [3.63, 3.8) is 0 Å². The van der Waals surface area contributed by atoms with Gasteiger partial charge in [-0.15, -0.1) is 0 Å². The van der Waals surface area contributed by atoms with Gasteiger partial charge in [-0.25, -0.2) is 0 Å². The minimum absolute atomic E-state index is 0. The summed E-state index contributed by atoms with van der Waals surface area (Å²) in [5.74, 6) is 0.941. The quantitative estimate of drug-likeness (QED) is 0.162. The van der Waals surface area contributed by atoms with Gasteiger partial charge < -0.3 is 29.8 Å². The van der Waals surface area contributed by atoms with E-state index in [0.29, 0.717) is 49.4 Å². The molecule has 0 rings (SSSR count). The Balaban J connectivity index is -0.0000000993. The zero-order valence-corrected chi connectivity index (χ0v) is 36.4. The Morgan fingerprint density at radius 1 is 0.400 bits per heavy atom. The number of carboxylic acid groups (broad SMARTS) is 1. The first-order chi connectivity index (χ1) is 21.7. The van der Waals surface area contributed by atoms with E-state index < -0.39 is 11.9 Å². The van der Waals surface area contributed by atoms with Crippen molar-refractivity contribution in [2.24, 2.45) is 47.3 Å². The summed E-state index contributed by atoms with van der Waals surface area (Å²) in [6, 6.07) is 0. The molecular weight excluding hydrogens is 651 g/mol. The average molecular weight is 724 g/mol. The molecular formula is C39H72NaO10+. The molecule has 0 aliphatic heterocycles. The molecule has 0 spiro atoms. The molecule has 0 bridgehead atoms. The molecule has 2 N–H and O–H groups in total. The summed E-state index contributed by atoms with van der Waals surface area (Å²) in [5.41, 5.74) is 0. The summed E-state index contributed by atoms with van der Waals surface area (Å²) in [7, 11) is 0. The van der Waals surface area contributed by atoms with Gasteiger partial charge in [0.1, 0.15) is 40.5 Å². The fraction of sp³-hybridized carbons (Fsp3) is 0.795. The van der Waals surface area contributed by atoms with E-state index in [2.05, 4.69) is 41.5 Å². The normalized spacial score (nSPS) is 12.5. The van der Waals surface area contributed by atoms with Gasteiger partial charge in [-0.1, -0.05) is 55.4 Å². The molecule has 0 amide bonds. The molecule has 0 saturated heterocycles. The Kier molecular flexibility index (Phi) is 41.2. The first-order valence-electron chi connectivity index (χ1n) is 17.4. The summed E-state index contributed by atoms with van der Waals surface area (Å²) in [6.45, 7) is 27.0. The van der Waals surface area contributed by atoms with Crippen molar-refractivity contribution in [1.29, 1.82) is 0 Å². The molecule has 0 aromatic rings. The number of hydrogen-bond acceptors (Lipinski definition) is 9. The van der Waals surface area contributed by atoms with Gasteiger partial charge in [0.25, 0.3) is 0 Å². The van der Waals surface area contributed by atoms with Crippen LogP contribution in [-0.2, 0) is 38.4 Å². The second-order valence-electron chi connectivity index (χ2n) is 15.1. The minimum atomic E-state index is -0.862. The summed E-state index contributed by atoms with van der Waals surface area (Å²) in [6.07, 6.45) is 4.45. The Morgan fingerprint density at radius 2 is 0.560 bits per heavy atom. The molecule has 0 fully saturated rings. The Morgan fingerprint density at radius 3 is 0.680 bits per heavy atom. The third-order valence-corrected chi connectivity index (χ3v) is 7.23. The van der Waals surface area contributed by atoms with Crippen molar-refractivity contribution in [3.05, 3.63) is 0 Å². The summed E-state index contributed by atoms with van der Waals surface area (Å²) in [5, 5.41) is 8.72. The number of rotatable bonds is 20. The van der Waals surface area contributed by atoms with Gasteiger partial charge in [-0.05, 0) is 97.8 Å². The van der Waals surface area contributed by atoms with Crippen LogP contribution in [0.4, 0.5) is 0 Å². The van der Waals surface area contributed by atoms with Crippen LogP contribution in [0.2, 0.25) is 0 Å². The predicted octanol–water partition coefficient (Wildman–Crippen LogP) is 5.30. The fourth-order valence-electron chi connectivity index (χ4n) is 5.11. The van der Waals surface area contributed by atoms with Crippen LogP contribution in [0.3, 0.4) is 0 Å². The first-order valence-corrected chi connectivity index (χ1v) is 17.4. The van der Waals surface area contributed by atoms with E-state index in [1.807, 2.05) is 13.8 Å². The van der Waals surface area contributed by atoms with Crippen molar-refractivity contribution in [3.8, 4) is 0 Å². The molecule has 0 aromatic carbocycles. The SMILES string of the molecule is CC(=O)C[C@@H](CC(C)C)C(=O)O.CC(=O)C[C@@H](CC(C)C)C(C)=O.CC(=O)C[C@@H](CC(C)C)C(C)=O.CC(=O)C[C@@H](CC(C)C)C(C)=O.[H+].[Na+].[OH-]. The van der Waals surface area contributed by atoms with Crippen LogP contribution in [0.15, 0.2) is 0 Å². The van der Waals surface area contributed by atoms with Crippen LogP contribution in [-0.4, -0.2) is 57.0 Å². The third-order valence-electron chi connectivity index (χ3n) is 7.23. The molecule has 0 heterocycles. The van der Waals surface area contributed by atoms with Crippen molar-refractivity contribution in [2.45, 2.75) is 155 Å². The zero-order valence-electron chi connectivity index (χ0n) is 35.4. The number of aliphatic carboxylic acids is 1. The van der Waals surface area contributed by atoms with E-state index in [1.54, 1.807) is 20.8 Å². The molecule has 288 valence electrons. The number of carboxylic acids is 1. The molecule has 50 heavy (non-hydrogen) atoms. The molecule has 4 atom stereocenters. The second kappa shape index (κ2) is 34.2. The first kappa shape index (κ1) is 60.2. The molecule has 0 aromatic heterocycles. The molecule has 0 unspecified atom stereocenters. The molecule has 0 saturated carbocycles. The van der Waals surface area contributed by atoms with Crippen molar-refractivity contribution in [1.82, 2.24) is 0 Å². The number of ketones is 7. The summed E-state index contributed by atoms with van der Waals surface area (Å²) >= 11 is 0. The molecule has 0 radical (unpaired) electrons. The van der Waals surface area contributed by atoms with Gasteiger partial charge >= 0.3 is 37.0 Å². The Bertz CT molecular complexity index is 861. The van der Waals surface area contributed by atoms with E-state index in [0.717, 1.165) is 19.3 Å². The molecule has 0 aliphatic carbocycles. The third kappa shape index (κ3) is 44.1. The van der Waals surface area contributed by atoms with Crippen LogP contribution in [0.1, 0.15) is 157 Å². The van der Waals surface area contributed by atoms with Gasteiger partial charge in [-0.2, -0.15) is 0 Å². The summed E-state index contributed by atoms with van der Waals surface area (Å²) < 4.78 is 0. The number of hydrogen-bond donors (Lipinski definition) is 1. The van der Waals surface area contributed by atoms with Crippen LogP contribution >= 0.6 is 0 Å². The number of Topliss-reactive ketones (excluding diaryl/α,β-unsaturated/α-hetero) is 7.